The van der Waals surface area contributed by atoms with E-state index in [0.29, 0.717) is 6.54 Å². The lowest BCUT2D eigenvalue weighted by molar-refractivity contribution is -0.687. The van der Waals surface area contributed by atoms with Gasteiger partial charge in [-0.1, -0.05) is 30.3 Å². The van der Waals surface area contributed by atoms with Crippen molar-refractivity contribution < 1.29 is 21.5 Å². The molecule has 0 bridgehead atoms. The molecule has 0 fully saturated rings. The van der Waals surface area contributed by atoms with Gasteiger partial charge in [0.15, 0.2) is 0 Å². The van der Waals surface area contributed by atoms with Crippen molar-refractivity contribution in [1.82, 2.24) is 4.57 Å². The summed E-state index contributed by atoms with van der Waals surface area (Å²) in [6.07, 6.45) is 6.21. The van der Waals surface area contributed by atoms with Gasteiger partial charge in [0.25, 0.3) is 0 Å². The van der Waals surface area contributed by atoms with Crippen molar-refractivity contribution in [2.75, 3.05) is 6.54 Å². The number of halogens is 1. The molecule has 1 aromatic carbocycles. The second kappa shape index (κ2) is 6.45. The molecule has 0 atom stereocenters. The maximum Gasteiger partial charge on any atom is 0.244 e. The highest BCUT2D eigenvalue weighted by Crippen LogP contribution is 1.97. The van der Waals surface area contributed by atoms with Crippen LogP contribution in [0.1, 0.15) is 5.56 Å². The summed E-state index contributed by atoms with van der Waals surface area (Å²) in [5, 5.41) is 0. The summed E-state index contributed by atoms with van der Waals surface area (Å²) >= 11 is 0. The molecule has 0 aliphatic carbocycles. The Kier molecular flexibility index (Phi) is 5.22. The topological polar surface area (TPSA) is 34.8 Å². The van der Waals surface area contributed by atoms with Gasteiger partial charge in [0, 0.05) is 6.54 Å². The van der Waals surface area contributed by atoms with E-state index in [1.165, 1.54) is 5.56 Å². The second-order valence-corrected chi connectivity index (χ2v) is 3.60. The van der Waals surface area contributed by atoms with Crippen LogP contribution < -0.4 is 27.3 Å². The van der Waals surface area contributed by atoms with Crippen LogP contribution in [0, 0.1) is 0 Å². The van der Waals surface area contributed by atoms with Crippen LogP contribution in [0.5, 0.6) is 0 Å². The molecule has 0 radical (unpaired) electrons. The zero-order chi connectivity index (χ0) is 10.5. The molecule has 0 saturated carbocycles. The third-order valence-electron chi connectivity index (χ3n) is 2.34. The van der Waals surface area contributed by atoms with Crippen LogP contribution in [-0.2, 0) is 13.1 Å². The molecule has 0 saturated heterocycles. The SMILES string of the molecule is NCCn1cc[n+](Cc2ccccc2)c1.[Br-]. The molecule has 3 nitrogen and oxygen atoms in total. The molecule has 2 aromatic rings. The Labute approximate surface area is 106 Å². The van der Waals surface area contributed by atoms with Crippen LogP contribution in [-0.4, -0.2) is 11.1 Å². The van der Waals surface area contributed by atoms with Crippen molar-refractivity contribution in [3.63, 3.8) is 0 Å². The first-order valence-electron chi connectivity index (χ1n) is 5.17. The maximum absolute atomic E-state index is 5.49. The zero-order valence-electron chi connectivity index (χ0n) is 9.09. The fraction of sp³-hybridized carbons (Fsp3) is 0.250. The number of nitrogens with two attached hydrogens (primary N) is 1. The molecule has 2 N–H and O–H groups in total. The van der Waals surface area contributed by atoms with E-state index in [4.69, 9.17) is 5.73 Å². The van der Waals surface area contributed by atoms with Crippen LogP contribution in [0.2, 0.25) is 0 Å². The summed E-state index contributed by atoms with van der Waals surface area (Å²) in [4.78, 5) is 0. The second-order valence-electron chi connectivity index (χ2n) is 3.60. The van der Waals surface area contributed by atoms with Gasteiger partial charge in [0.05, 0.1) is 0 Å². The van der Waals surface area contributed by atoms with E-state index in [1.54, 1.807) is 0 Å². The van der Waals surface area contributed by atoms with E-state index in [-0.39, 0.29) is 17.0 Å². The molecule has 1 heterocycles. The van der Waals surface area contributed by atoms with Gasteiger partial charge in [0.1, 0.15) is 25.5 Å². The van der Waals surface area contributed by atoms with Gasteiger partial charge >= 0.3 is 0 Å². The molecule has 0 aliphatic rings. The van der Waals surface area contributed by atoms with Gasteiger partial charge in [-0.25, -0.2) is 9.13 Å². The van der Waals surface area contributed by atoms with Crippen LogP contribution in [0.3, 0.4) is 0 Å². The molecule has 16 heavy (non-hydrogen) atoms. The molecule has 0 unspecified atom stereocenters. The third kappa shape index (κ3) is 3.47. The van der Waals surface area contributed by atoms with Crippen LogP contribution >= 0.6 is 0 Å². The molecule has 1 aromatic heterocycles. The molecule has 0 spiro atoms. The number of benzene rings is 1. The van der Waals surface area contributed by atoms with Gasteiger partial charge in [-0.3, -0.25) is 0 Å². The fourth-order valence-corrected chi connectivity index (χ4v) is 1.61. The number of aromatic nitrogens is 2. The molecule has 86 valence electrons. The van der Waals surface area contributed by atoms with E-state index in [9.17, 15) is 0 Å². The predicted octanol–water partition coefficient (Wildman–Crippen LogP) is -2.21. The highest BCUT2D eigenvalue weighted by molar-refractivity contribution is 5.13. The van der Waals surface area contributed by atoms with Crippen LogP contribution in [0.15, 0.2) is 49.1 Å². The largest absolute Gasteiger partial charge is 1.00 e. The molecule has 4 heteroatoms. The number of imidazole rings is 1. The van der Waals surface area contributed by atoms with Crippen LogP contribution in [0.4, 0.5) is 0 Å². The summed E-state index contributed by atoms with van der Waals surface area (Å²) in [5.74, 6) is 0. The lowest BCUT2D eigenvalue weighted by Gasteiger charge is -1.96. The smallest absolute Gasteiger partial charge is 0.244 e. The van der Waals surface area contributed by atoms with Crippen molar-refractivity contribution in [1.29, 1.82) is 0 Å². The normalized spacial score (nSPS) is 9.81. The molecule has 2 rings (SSSR count). The Morgan fingerprint density at radius 3 is 2.62 bits per heavy atom. The number of nitrogens with zero attached hydrogens (tertiary/aromatic N) is 2. The van der Waals surface area contributed by atoms with E-state index in [2.05, 4.69) is 52.1 Å². The Morgan fingerprint density at radius 1 is 1.19 bits per heavy atom. The lowest BCUT2D eigenvalue weighted by Crippen LogP contribution is -3.00. The molecular weight excluding hydrogens is 266 g/mol. The minimum absolute atomic E-state index is 0. The average molecular weight is 282 g/mol. The number of rotatable bonds is 4. The Morgan fingerprint density at radius 2 is 1.94 bits per heavy atom. The van der Waals surface area contributed by atoms with Gasteiger partial charge in [-0.15, -0.1) is 0 Å². The highest BCUT2D eigenvalue weighted by Gasteiger charge is 2.02. The first-order chi connectivity index (χ1) is 7.38. The predicted molar refractivity (Wildman–Crippen MR) is 59.2 cm³/mol. The van der Waals surface area contributed by atoms with E-state index in [0.717, 1.165) is 13.1 Å². The first kappa shape index (κ1) is 12.9. The van der Waals surface area contributed by atoms with E-state index >= 15 is 0 Å². The van der Waals surface area contributed by atoms with Crippen molar-refractivity contribution >= 4 is 0 Å². The summed E-state index contributed by atoms with van der Waals surface area (Å²) in [6.45, 7) is 2.47. The Bertz CT molecular complexity index is 411. The molecule has 0 amide bonds. The highest BCUT2D eigenvalue weighted by atomic mass is 79.9. The number of hydrogen-bond donors (Lipinski definition) is 1. The Balaban J connectivity index is 0.00000128. The van der Waals surface area contributed by atoms with E-state index in [1.807, 2.05) is 6.07 Å². The quantitative estimate of drug-likeness (QED) is 0.634. The van der Waals surface area contributed by atoms with Crippen molar-refractivity contribution in [3.05, 3.63) is 54.6 Å². The number of hydrogen-bond acceptors (Lipinski definition) is 1. The monoisotopic (exact) mass is 281 g/mol. The summed E-state index contributed by atoms with van der Waals surface area (Å²) in [7, 11) is 0. The first-order valence-corrected chi connectivity index (χ1v) is 5.17. The van der Waals surface area contributed by atoms with Gasteiger partial charge < -0.3 is 22.7 Å². The van der Waals surface area contributed by atoms with Crippen molar-refractivity contribution in [2.24, 2.45) is 5.73 Å². The van der Waals surface area contributed by atoms with Crippen molar-refractivity contribution in [2.45, 2.75) is 13.1 Å². The maximum atomic E-state index is 5.49. The fourth-order valence-electron chi connectivity index (χ4n) is 1.61. The Hall–Kier alpha value is -1.13. The molecule has 0 aliphatic heterocycles. The van der Waals surface area contributed by atoms with Gasteiger partial charge in [0.2, 0.25) is 6.33 Å². The van der Waals surface area contributed by atoms with Crippen molar-refractivity contribution in [3.8, 4) is 0 Å². The summed E-state index contributed by atoms with van der Waals surface area (Å²) in [6, 6.07) is 10.4. The lowest BCUT2D eigenvalue weighted by atomic mass is 10.2. The van der Waals surface area contributed by atoms with E-state index < -0.39 is 0 Å². The third-order valence-corrected chi connectivity index (χ3v) is 2.34. The minimum atomic E-state index is 0. The van der Waals surface area contributed by atoms with Gasteiger partial charge in [-0.2, -0.15) is 0 Å². The molecular formula is C12H16BrN3. The zero-order valence-corrected chi connectivity index (χ0v) is 10.7. The van der Waals surface area contributed by atoms with Crippen LogP contribution in [0.25, 0.3) is 0 Å². The average Bonchev–Trinajstić information content (AvgIpc) is 2.68. The minimum Gasteiger partial charge on any atom is -1.00 e. The summed E-state index contributed by atoms with van der Waals surface area (Å²) in [5.41, 5.74) is 6.81. The standard InChI is InChI=1S/C12H16N3.BrH/c13-6-7-14-8-9-15(11-14)10-12-4-2-1-3-5-12;/h1-5,8-9,11H,6-7,10,13H2;1H/q+1;/p-1. The summed E-state index contributed by atoms with van der Waals surface area (Å²) < 4.78 is 4.26. The van der Waals surface area contributed by atoms with Gasteiger partial charge in [-0.05, 0) is 5.56 Å².